The summed E-state index contributed by atoms with van der Waals surface area (Å²) in [6, 6.07) is 3.68. The Kier molecular flexibility index (Phi) is 3.69. The van der Waals surface area contributed by atoms with E-state index in [0.29, 0.717) is 11.5 Å². The summed E-state index contributed by atoms with van der Waals surface area (Å²) in [5.41, 5.74) is 1.57. The van der Waals surface area contributed by atoms with Gasteiger partial charge in [-0.3, -0.25) is 0 Å². The van der Waals surface area contributed by atoms with Crippen LogP contribution in [0.15, 0.2) is 24.5 Å². The third kappa shape index (κ3) is 2.54. The number of carbonyl (C=O) groups excluding carboxylic acids is 1. The fourth-order valence-corrected chi connectivity index (χ4v) is 2.79. The van der Waals surface area contributed by atoms with Crippen LogP contribution in [0.3, 0.4) is 0 Å². The van der Waals surface area contributed by atoms with Crippen molar-refractivity contribution in [3.63, 3.8) is 0 Å². The molecule has 3 rings (SSSR count). The van der Waals surface area contributed by atoms with Crippen LogP contribution >= 0.6 is 0 Å². The highest BCUT2D eigenvalue weighted by Crippen LogP contribution is 2.18. The number of methoxy groups -OCH3 is 1. The predicted octanol–water partition coefficient (Wildman–Crippen LogP) is 1.66. The molecule has 0 radical (unpaired) electrons. The zero-order valence-electron chi connectivity index (χ0n) is 11.6. The lowest BCUT2D eigenvalue weighted by Gasteiger charge is -2.22. The maximum absolute atomic E-state index is 11.6. The van der Waals surface area contributed by atoms with Gasteiger partial charge in [-0.2, -0.15) is 0 Å². The Balaban J connectivity index is 1.88. The molecule has 0 spiro atoms. The topological polar surface area (TPSA) is 55.6 Å². The van der Waals surface area contributed by atoms with Crippen molar-refractivity contribution in [2.75, 3.05) is 20.2 Å². The lowest BCUT2D eigenvalue weighted by atomic mass is 9.96. The summed E-state index contributed by atoms with van der Waals surface area (Å²) >= 11 is 0. The second-order valence-corrected chi connectivity index (χ2v) is 5.30. The lowest BCUT2D eigenvalue weighted by molar-refractivity contribution is 0.0600. The number of ether oxygens (including phenoxy) is 1. The highest BCUT2D eigenvalue weighted by Gasteiger charge is 2.16. The third-order valence-corrected chi connectivity index (χ3v) is 3.90. The first-order valence-corrected chi connectivity index (χ1v) is 7.03. The summed E-state index contributed by atoms with van der Waals surface area (Å²) in [6.07, 6.45) is 7.07. The first-order valence-electron chi connectivity index (χ1n) is 7.03. The molecule has 1 aliphatic rings. The molecule has 1 unspecified atom stereocenters. The number of hydrogen-bond donors (Lipinski definition) is 1. The molecule has 1 fully saturated rings. The molecule has 0 aromatic carbocycles. The number of pyridine rings is 1. The van der Waals surface area contributed by atoms with E-state index in [1.165, 1.54) is 20.0 Å². The van der Waals surface area contributed by atoms with Crippen LogP contribution in [0.1, 0.15) is 29.0 Å². The first kappa shape index (κ1) is 13.1. The Bertz CT molecular complexity index is 615. The largest absolute Gasteiger partial charge is 0.465 e. The number of nitrogens with one attached hydrogen (secondary N) is 1. The summed E-state index contributed by atoms with van der Waals surface area (Å²) in [4.78, 5) is 16.1. The summed E-state index contributed by atoms with van der Waals surface area (Å²) in [5.74, 6) is 1.32. The third-order valence-electron chi connectivity index (χ3n) is 3.90. The Morgan fingerprint density at radius 1 is 1.55 bits per heavy atom. The number of rotatable bonds is 3. The van der Waals surface area contributed by atoms with Gasteiger partial charge < -0.3 is 14.5 Å². The van der Waals surface area contributed by atoms with E-state index in [4.69, 9.17) is 4.74 Å². The summed E-state index contributed by atoms with van der Waals surface area (Å²) in [5, 5.41) is 3.42. The molecule has 20 heavy (non-hydrogen) atoms. The number of fused-ring (bicyclic) bond motifs is 1. The van der Waals surface area contributed by atoms with Gasteiger partial charge in [0.1, 0.15) is 5.82 Å². The zero-order valence-corrected chi connectivity index (χ0v) is 11.6. The second-order valence-electron chi connectivity index (χ2n) is 5.30. The van der Waals surface area contributed by atoms with Crippen molar-refractivity contribution >= 4 is 11.5 Å². The minimum atomic E-state index is -0.314. The SMILES string of the molecule is COC(=O)c1ccc2cnc(CC3CCCNC3)n2c1. The first-order chi connectivity index (χ1) is 9.78. The molecule has 5 heteroatoms. The monoisotopic (exact) mass is 273 g/mol. The van der Waals surface area contributed by atoms with Crippen molar-refractivity contribution in [3.8, 4) is 0 Å². The standard InChI is InChI=1S/C15H19N3O2/c1-20-15(19)12-4-5-13-9-17-14(18(13)10-12)7-11-3-2-6-16-8-11/h4-5,9-11,16H,2-3,6-8H2,1H3. The minimum absolute atomic E-state index is 0.314. The van der Waals surface area contributed by atoms with Crippen LogP contribution in [0.5, 0.6) is 0 Å². The van der Waals surface area contributed by atoms with Crippen molar-refractivity contribution in [2.45, 2.75) is 19.3 Å². The summed E-state index contributed by atoms with van der Waals surface area (Å²) in [6.45, 7) is 2.16. The smallest absolute Gasteiger partial charge is 0.339 e. The number of hydrogen-bond acceptors (Lipinski definition) is 4. The van der Waals surface area contributed by atoms with E-state index in [2.05, 4.69) is 10.3 Å². The van der Waals surface area contributed by atoms with Crippen molar-refractivity contribution < 1.29 is 9.53 Å². The van der Waals surface area contributed by atoms with E-state index in [1.807, 2.05) is 22.9 Å². The molecule has 1 N–H and O–H groups in total. The van der Waals surface area contributed by atoms with Gasteiger partial charge >= 0.3 is 5.97 Å². The van der Waals surface area contributed by atoms with Crippen molar-refractivity contribution in [3.05, 3.63) is 35.9 Å². The maximum Gasteiger partial charge on any atom is 0.339 e. The number of nitrogens with zero attached hydrogens (tertiary/aromatic N) is 2. The Labute approximate surface area is 118 Å². The van der Waals surface area contributed by atoms with Crippen LogP contribution in [0.2, 0.25) is 0 Å². The van der Waals surface area contributed by atoms with E-state index >= 15 is 0 Å². The number of aromatic nitrogens is 2. The van der Waals surface area contributed by atoms with Crippen molar-refractivity contribution in [2.24, 2.45) is 5.92 Å². The molecule has 1 atom stereocenters. The molecule has 0 bridgehead atoms. The molecule has 5 nitrogen and oxygen atoms in total. The molecular formula is C15H19N3O2. The average molecular weight is 273 g/mol. The van der Waals surface area contributed by atoms with Gasteiger partial charge in [0.15, 0.2) is 0 Å². The predicted molar refractivity (Wildman–Crippen MR) is 75.8 cm³/mol. The quantitative estimate of drug-likeness (QED) is 0.864. The van der Waals surface area contributed by atoms with Gasteiger partial charge in [-0.05, 0) is 44.0 Å². The number of imidazole rings is 1. The molecule has 106 valence electrons. The summed E-state index contributed by atoms with van der Waals surface area (Å²) in [7, 11) is 1.40. The number of carbonyl (C=O) groups is 1. The molecular weight excluding hydrogens is 254 g/mol. The van der Waals surface area contributed by atoms with Crippen LogP contribution in [-0.4, -0.2) is 35.6 Å². The van der Waals surface area contributed by atoms with Crippen molar-refractivity contribution in [1.82, 2.24) is 14.7 Å². The van der Waals surface area contributed by atoms with Gasteiger partial charge in [0.05, 0.1) is 24.4 Å². The van der Waals surface area contributed by atoms with Gasteiger partial charge in [0.25, 0.3) is 0 Å². The highest BCUT2D eigenvalue weighted by molar-refractivity contribution is 5.89. The normalized spacial score (nSPS) is 19.1. The number of piperidine rings is 1. The molecule has 0 amide bonds. The lowest BCUT2D eigenvalue weighted by Crippen LogP contribution is -2.31. The van der Waals surface area contributed by atoms with Crippen LogP contribution < -0.4 is 5.32 Å². The van der Waals surface area contributed by atoms with Crippen LogP contribution in [0.4, 0.5) is 0 Å². The van der Waals surface area contributed by atoms with Crippen LogP contribution in [-0.2, 0) is 11.2 Å². The summed E-state index contributed by atoms with van der Waals surface area (Å²) < 4.78 is 6.77. The fraction of sp³-hybridized carbons (Fsp3) is 0.467. The minimum Gasteiger partial charge on any atom is -0.465 e. The Morgan fingerprint density at radius 2 is 2.45 bits per heavy atom. The van der Waals surface area contributed by atoms with E-state index < -0.39 is 0 Å². The zero-order chi connectivity index (χ0) is 13.9. The Hall–Kier alpha value is -1.88. The van der Waals surface area contributed by atoms with E-state index in [0.717, 1.165) is 30.9 Å². The Morgan fingerprint density at radius 3 is 3.20 bits per heavy atom. The molecule has 1 saturated heterocycles. The average Bonchev–Trinajstić information content (AvgIpc) is 2.90. The van der Waals surface area contributed by atoms with Gasteiger partial charge in [0, 0.05) is 12.6 Å². The molecule has 0 saturated carbocycles. The number of esters is 1. The molecule has 3 heterocycles. The van der Waals surface area contributed by atoms with Gasteiger partial charge in [0.2, 0.25) is 0 Å². The second kappa shape index (κ2) is 5.63. The molecule has 2 aromatic rings. The molecule has 1 aliphatic heterocycles. The van der Waals surface area contributed by atoms with Gasteiger partial charge in [-0.25, -0.2) is 9.78 Å². The van der Waals surface area contributed by atoms with E-state index in [9.17, 15) is 4.79 Å². The molecule has 0 aliphatic carbocycles. The van der Waals surface area contributed by atoms with Crippen LogP contribution in [0, 0.1) is 5.92 Å². The van der Waals surface area contributed by atoms with Crippen molar-refractivity contribution in [1.29, 1.82) is 0 Å². The highest BCUT2D eigenvalue weighted by atomic mass is 16.5. The van der Waals surface area contributed by atoms with Gasteiger partial charge in [-0.15, -0.1) is 0 Å². The maximum atomic E-state index is 11.6. The van der Waals surface area contributed by atoms with Gasteiger partial charge in [-0.1, -0.05) is 0 Å². The molecule has 2 aromatic heterocycles. The van der Waals surface area contributed by atoms with E-state index in [1.54, 1.807) is 6.07 Å². The van der Waals surface area contributed by atoms with Crippen LogP contribution in [0.25, 0.3) is 5.52 Å². The fourth-order valence-electron chi connectivity index (χ4n) is 2.79. The van der Waals surface area contributed by atoms with E-state index in [-0.39, 0.29) is 5.97 Å².